The van der Waals surface area contributed by atoms with Gasteiger partial charge in [-0.15, -0.1) is 0 Å². The zero-order chi connectivity index (χ0) is 61.5. The van der Waals surface area contributed by atoms with Crippen LogP contribution in [0.2, 0.25) is 0 Å². The molecule has 0 saturated heterocycles. The molecule has 0 spiro atoms. The zero-order valence-electron chi connectivity index (χ0n) is 50.5. The molecule has 94 heavy (non-hydrogen) atoms. The van der Waals surface area contributed by atoms with Crippen LogP contribution in [-0.4, -0.2) is 33.6 Å². The Kier molecular flexibility index (Phi) is 11.3. The van der Waals surface area contributed by atoms with Gasteiger partial charge in [0.25, 0.3) is 0 Å². The molecule has 14 aromatic carbocycles. The van der Waals surface area contributed by atoms with E-state index >= 15 is 0 Å². The first-order valence-corrected chi connectivity index (χ1v) is 31.9. The third-order valence-electron chi connectivity index (χ3n) is 19.2. The minimum Gasteiger partial charge on any atom is -0.454 e. The Morgan fingerprint density at radius 1 is 0.266 bits per heavy atom. The van der Waals surface area contributed by atoms with E-state index in [0.717, 1.165) is 171 Å². The van der Waals surface area contributed by atoms with Gasteiger partial charge in [-0.05, 0) is 100 Å². The molecule has 20 rings (SSSR count). The summed E-state index contributed by atoms with van der Waals surface area (Å²) in [4.78, 5) is 22.1. The average Bonchev–Trinajstić information content (AvgIpc) is 1.53. The summed E-state index contributed by atoms with van der Waals surface area (Å²) in [6.45, 7) is 0. The number of furan rings is 1. The van der Waals surface area contributed by atoms with E-state index in [-0.39, 0.29) is 0 Å². The second-order valence-corrected chi connectivity index (χ2v) is 24.4. The largest absolute Gasteiger partial charge is 0.454 e. The van der Waals surface area contributed by atoms with Crippen LogP contribution in [0.1, 0.15) is 0 Å². The number of para-hydroxylation sites is 5. The van der Waals surface area contributed by atoms with Gasteiger partial charge in [0.05, 0.1) is 50.2 Å². The molecular weight excluding hydrogens is 1150 g/mol. The first-order valence-electron chi connectivity index (χ1n) is 31.9. The highest BCUT2D eigenvalue weighted by Crippen LogP contribution is 2.47. The predicted molar refractivity (Wildman–Crippen MR) is 388 cm³/mol. The summed E-state index contributed by atoms with van der Waals surface area (Å²) >= 11 is 0. The lowest BCUT2D eigenvalue weighted by atomic mass is 9.98. The number of fused-ring (bicyclic) bond motifs is 19. The molecule has 0 aliphatic heterocycles. The summed E-state index contributed by atoms with van der Waals surface area (Å²) in [7, 11) is 0. The standard InChI is InChI=1S/C86H51N7O/c1-3-22-54(23-4-1)71-51-72(55-24-5-2-6-25-55)88-85(87-71)58-47-59(91-73-34-16-11-27-62(73)63-28-12-17-35-74(63)91)50-60(48-58)92-75-36-18-13-29-64(75)70-49-57(44-46-77(70)92)52-39-41-56(42-40-52)81-69-45-43-53-21-7-8-26-61(53)82(69)90-86(89-81)93-76-37-19-14-32-67(76)79-65-30-9-10-31-66(65)80-68-33-15-20-38-78(68)94-84(80)83(79)93/h1-51H. The Morgan fingerprint density at radius 2 is 0.755 bits per heavy atom. The fraction of sp³-hybridized carbons (Fsp3) is 0. The van der Waals surface area contributed by atoms with Crippen molar-refractivity contribution in [3.05, 3.63) is 309 Å². The number of hydrogen-bond acceptors (Lipinski definition) is 5. The van der Waals surface area contributed by atoms with E-state index in [1.165, 1.54) is 10.8 Å². The van der Waals surface area contributed by atoms with Crippen molar-refractivity contribution in [2.75, 3.05) is 0 Å². The molecule has 0 bridgehead atoms. The lowest BCUT2D eigenvalue weighted by Gasteiger charge is -2.16. The highest BCUT2D eigenvalue weighted by Gasteiger charge is 2.26. The fourth-order valence-corrected chi connectivity index (χ4v) is 15.0. The average molecular weight is 1200 g/mol. The molecule has 0 aliphatic rings. The van der Waals surface area contributed by atoms with Crippen molar-refractivity contribution in [1.82, 2.24) is 33.6 Å². The van der Waals surface area contributed by atoms with Crippen LogP contribution in [0.25, 0.3) is 193 Å². The maximum absolute atomic E-state index is 6.98. The van der Waals surface area contributed by atoms with Gasteiger partial charge in [0, 0.05) is 87.5 Å². The number of hydrogen-bond donors (Lipinski definition) is 0. The third-order valence-corrected chi connectivity index (χ3v) is 19.2. The SMILES string of the molecule is c1ccc(-c2cc(-c3ccccc3)nc(-c3cc(-n4c5ccccc5c5ccccc54)cc(-n4c5ccccc5c5cc(-c6ccc(-c7nc(-n8c9ccccc9c9c%10ccccc%10c%10c%11ccccc%11oc%10c98)nc8c7ccc7ccccc78)cc6)ccc54)c3)n2)cc1. The fourth-order valence-electron chi connectivity index (χ4n) is 15.0. The number of rotatable bonds is 8. The van der Waals surface area contributed by atoms with Crippen molar-refractivity contribution < 1.29 is 4.42 Å². The van der Waals surface area contributed by atoms with Crippen LogP contribution in [-0.2, 0) is 0 Å². The first-order chi connectivity index (χ1) is 46.6. The van der Waals surface area contributed by atoms with Crippen LogP contribution in [0, 0.1) is 0 Å². The zero-order valence-corrected chi connectivity index (χ0v) is 50.5. The Morgan fingerprint density at radius 3 is 1.39 bits per heavy atom. The van der Waals surface area contributed by atoms with Crippen molar-refractivity contribution in [2.45, 2.75) is 0 Å². The minimum atomic E-state index is 0.575. The third kappa shape index (κ3) is 7.87. The number of nitrogens with zero attached hydrogens (tertiary/aromatic N) is 7. The van der Waals surface area contributed by atoms with E-state index in [0.29, 0.717) is 11.8 Å². The van der Waals surface area contributed by atoms with Crippen LogP contribution < -0.4 is 0 Å². The van der Waals surface area contributed by atoms with E-state index in [1.54, 1.807) is 0 Å². The maximum atomic E-state index is 6.98. The van der Waals surface area contributed by atoms with Crippen molar-refractivity contribution in [3.8, 4) is 73.6 Å². The quantitative estimate of drug-likeness (QED) is 0.142. The molecule has 20 aromatic rings. The molecule has 0 atom stereocenters. The second-order valence-electron chi connectivity index (χ2n) is 24.4. The minimum absolute atomic E-state index is 0.575. The van der Waals surface area contributed by atoms with Crippen LogP contribution in [0.4, 0.5) is 0 Å². The number of aromatic nitrogens is 7. The monoisotopic (exact) mass is 1200 g/mol. The molecule has 0 radical (unpaired) electrons. The molecule has 0 N–H and O–H groups in total. The first kappa shape index (κ1) is 52.0. The van der Waals surface area contributed by atoms with Crippen molar-refractivity contribution in [3.63, 3.8) is 0 Å². The van der Waals surface area contributed by atoms with E-state index in [9.17, 15) is 0 Å². The van der Waals surface area contributed by atoms with Gasteiger partial charge >= 0.3 is 0 Å². The van der Waals surface area contributed by atoms with Crippen molar-refractivity contribution in [1.29, 1.82) is 0 Å². The molecule has 8 heteroatoms. The van der Waals surface area contributed by atoms with Gasteiger partial charge in [-0.2, -0.15) is 0 Å². The lowest BCUT2D eigenvalue weighted by molar-refractivity contribution is 0.671. The van der Waals surface area contributed by atoms with Gasteiger partial charge in [0.15, 0.2) is 11.4 Å². The van der Waals surface area contributed by atoms with Crippen molar-refractivity contribution >= 4 is 120 Å². The van der Waals surface area contributed by atoms with Crippen LogP contribution in [0.3, 0.4) is 0 Å². The summed E-state index contributed by atoms with van der Waals surface area (Å²) in [6.07, 6.45) is 0. The summed E-state index contributed by atoms with van der Waals surface area (Å²) in [5, 5.41) is 14.5. The highest BCUT2D eigenvalue weighted by atomic mass is 16.3. The molecule has 0 saturated carbocycles. The lowest BCUT2D eigenvalue weighted by Crippen LogP contribution is -2.04. The Balaban J connectivity index is 0.762. The molecular formula is C86H51N7O. The second kappa shape index (κ2) is 20.4. The summed E-state index contributed by atoms with van der Waals surface area (Å²) < 4.78 is 14.0. The van der Waals surface area contributed by atoms with E-state index in [4.69, 9.17) is 24.4 Å². The van der Waals surface area contributed by atoms with Gasteiger partial charge in [-0.3, -0.25) is 4.57 Å². The Bertz CT molecular complexity index is 6420. The molecule has 0 fully saturated rings. The Labute approximate surface area is 537 Å². The molecule has 436 valence electrons. The molecule has 0 amide bonds. The summed E-state index contributed by atoms with van der Waals surface area (Å²) in [5.74, 6) is 1.21. The maximum Gasteiger partial charge on any atom is 0.235 e. The van der Waals surface area contributed by atoms with Gasteiger partial charge in [-0.25, -0.2) is 19.9 Å². The van der Waals surface area contributed by atoms with Gasteiger partial charge < -0.3 is 13.6 Å². The van der Waals surface area contributed by atoms with Gasteiger partial charge in [0.2, 0.25) is 5.95 Å². The highest BCUT2D eigenvalue weighted by molar-refractivity contribution is 6.35. The van der Waals surface area contributed by atoms with Gasteiger partial charge in [-0.1, -0.05) is 237 Å². The molecule has 0 unspecified atom stereocenters. The van der Waals surface area contributed by atoms with Crippen LogP contribution in [0.15, 0.2) is 314 Å². The predicted octanol–water partition coefficient (Wildman–Crippen LogP) is 22.3. The molecule has 6 aromatic heterocycles. The molecule has 6 heterocycles. The van der Waals surface area contributed by atoms with E-state index in [1.807, 2.05) is 18.2 Å². The number of benzene rings is 14. The molecule has 0 aliphatic carbocycles. The topological polar surface area (TPSA) is 79.5 Å². The van der Waals surface area contributed by atoms with Crippen molar-refractivity contribution in [2.24, 2.45) is 0 Å². The summed E-state index contributed by atoms with van der Waals surface area (Å²) in [6, 6.07) is 110. The normalized spacial score (nSPS) is 12.0. The van der Waals surface area contributed by atoms with Crippen LogP contribution in [0.5, 0.6) is 0 Å². The Hall–Kier alpha value is -12.8. The molecule has 8 nitrogen and oxygen atoms in total. The van der Waals surface area contributed by atoms with Gasteiger partial charge in [0.1, 0.15) is 11.1 Å². The smallest absolute Gasteiger partial charge is 0.235 e. The summed E-state index contributed by atoms with van der Waals surface area (Å²) in [5.41, 5.74) is 19.6. The van der Waals surface area contributed by atoms with Crippen LogP contribution >= 0.6 is 0 Å². The van der Waals surface area contributed by atoms with E-state index < -0.39 is 0 Å². The van der Waals surface area contributed by atoms with E-state index in [2.05, 4.69) is 305 Å².